The van der Waals surface area contributed by atoms with Gasteiger partial charge < -0.3 is 15.8 Å². The summed E-state index contributed by atoms with van der Waals surface area (Å²) in [5.41, 5.74) is 6.64. The number of ether oxygens (including phenoxy) is 1. The van der Waals surface area contributed by atoms with Gasteiger partial charge in [0.1, 0.15) is 23.3 Å². The fourth-order valence-electron chi connectivity index (χ4n) is 2.95. The van der Waals surface area contributed by atoms with E-state index >= 15 is 0 Å². The van der Waals surface area contributed by atoms with Gasteiger partial charge in [-0.2, -0.15) is 0 Å². The number of rotatable bonds is 4. The molecule has 0 aliphatic carbocycles. The number of benzene rings is 2. The van der Waals surface area contributed by atoms with Crippen molar-refractivity contribution in [3.63, 3.8) is 0 Å². The maximum Gasteiger partial charge on any atom is 0.573 e. The predicted molar refractivity (Wildman–Crippen MR) is 96.3 cm³/mol. The van der Waals surface area contributed by atoms with Crippen LogP contribution >= 0.6 is 15.9 Å². The van der Waals surface area contributed by atoms with Crippen LogP contribution in [0.15, 0.2) is 59.2 Å². The lowest BCUT2D eigenvalue weighted by molar-refractivity contribution is -0.274. The van der Waals surface area contributed by atoms with Gasteiger partial charge in [-0.3, -0.25) is 5.32 Å². The van der Waals surface area contributed by atoms with Gasteiger partial charge in [-0.25, -0.2) is 4.39 Å². The summed E-state index contributed by atoms with van der Waals surface area (Å²) in [5, 5.41) is 6.31. The van der Waals surface area contributed by atoms with Gasteiger partial charge in [-0.1, -0.05) is 24.3 Å². The molecular formula is C18H16BrF4N3O. The topological polar surface area (TPSA) is 59.3 Å². The summed E-state index contributed by atoms with van der Waals surface area (Å²) >= 11 is 3.15. The Bertz CT molecular complexity index is 841. The zero-order chi connectivity index (χ0) is 19.7. The molecule has 4 nitrogen and oxygen atoms in total. The molecular weight excluding hydrogens is 430 g/mol. The third-order valence-corrected chi connectivity index (χ3v) is 4.85. The van der Waals surface area contributed by atoms with Crippen LogP contribution in [-0.2, 0) is 5.54 Å². The van der Waals surface area contributed by atoms with E-state index in [9.17, 15) is 17.6 Å². The van der Waals surface area contributed by atoms with Gasteiger partial charge in [0, 0.05) is 6.54 Å². The van der Waals surface area contributed by atoms with Crippen LogP contribution in [0, 0.1) is 5.82 Å². The molecule has 0 saturated heterocycles. The van der Waals surface area contributed by atoms with Gasteiger partial charge in [0.2, 0.25) is 0 Å². The summed E-state index contributed by atoms with van der Waals surface area (Å²) in [4.78, 5) is 0. The van der Waals surface area contributed by atoms with Crippen molar-refractivity contribution in [2.24, 2.45) is 5.73 Å². The van der Waals surface area contributed by atoms with Crippen molar-refractivity contribution in [3.8, 4) is 5.75 Å². The Morgan fingerprint density at radius 1 is 1.07 bits per heavy atom. The highest BCUT2D eigenvalue weighted by Crippen LogP contribution is 2.34. The summed E-state index contributed by atoms with van der Waals surface area (Å²) in [5.74, 6) is -0.794. The molecule has 0 saturated carbocycles. The largest absolute Gasteiger partial charge is 0.573 e. The Kier molecular flexibility index (Phi) is 5.45. The number of alkyl halides is 3. The Labute approximate surface area is 161 Å². The normalized spacial score (nSPS) is 19.3. The molecule has 2 aromatic carbocycles. The van der Waals surface area contributed by atoms with Crippen LogP contribution in [0.2, 0.25) is 0 Å². The molecule has 1 aliphatic heterocycles. The van der Waals surface area contributed by atoms with Gasteiger partial charge in [0.25, 0.3) is 0 Å². The molecule has 0 fully saturated rings. The molecule has 0 spiro atoms. The van der Waals surface area contributed by atoms with Crippen molar-refractivity contribution in [3.05, 3.63) is 76.2 Å². The van der Waals surface area contributed by atoms with Gasteiger partial charge >= 0.3 is 6.36 Å². The van der Waals surface area contributed by atoms with Crippen LogP contribution < -0.4 is 21.1 Å². The highest BCUT2D eigenvalue weighted by atomic mass is 79.9. The highest BCUT2D eigenvalue weighted by Gasteiger charge is 2.39. The molecule has 1 aliphatic rings. The molecule has 3 rings (SSSR count). The van der Waals surface area contributed by atoms with E-state index in [1.807, 2.05) is 6.08 Å². The summed E-state index contributed by atoms with van der Waals surface area (Å²) in [6.07, 6.45) is -1.66. The van der Waals surface area contributed by atoms with Crippen LogP contribution in [0.5, 0.6) is 5.75 Å². The zero-order valence-corrected chi connectivity index (χ0v) is 15.4. The Balaban J connectivity index is 2.04. The number of nitrogens with one attached hydrogen (secondary N) is 2. The molecule has 0 bridgehead atoms. The summed E-state index contributed by atoms with van der Waals surface area (Å²) in [7, 11) is 0. The molecule has 2 atom stereocenters. The lowest BCUT2D eigenvalue weighted by Gasteiger charge is -2.40. The quantitative estimate of drug-likeness (QED) is 0.627. The first kappa shape index (κ1) is 19.7. The van der Waals surface area contributed by atoms with E-state index in [0.717, 1.165) is 0 Å². The van der Waals surface area contributed by atoms with Gasteiger partial charge in [0.05, 0.1) is 4.47 Å². The average molecular weight is 446 g/mol. The summed E-state index contributed by atoms with van der Waals surface area (Å²) in [6.45, 7) is 0.550. The third kappa shape index (κ3) is 4.26. The Morgan fingerprint density at radius 2 is 1.74 bits per heavy atom. The van der Waals surface area contributed by atoms with Crippen molar-refractivity contribution in [1.29, 1.82) is 0 Å². The monoisotopic (exact) mass is 445 g/mol. The SMILES string of the molecule is NC(c1ccc(OC(F)(F)F)cc1)(c1ccc(F)c(Br)c1)C1NC=CCN1. The van der Waals surface area contributed by atoms with Crippen molar-refractivity contribution < 1.29 is 22.3 Å². The van der Waals surface area contributed by atoms with Gasteiger partial charge in [0.15, 0.2) is 0 Å². The molecule has 2 unspecified atom stereocenters. The first-order chi connectivity index (χ1) is 12.7. The van der Waals surface area contributed by atoms with Crippen molar-refractivity contribution in [2.75, 3.05) is 6.54 Å². The molecule has 2 aromatic rings. The van der Waals surface area contributed by atoms with Crippen LogP contribution in [0.25, 0.3) is 0 Å². The first-order valence-electron chi connectivity index (χ1n) is 7.95. The van der Waals surface area contributed by atoms with E-state index in [0.29, 0.717) is 17.7 Å². The fourth-order valence-corrected chi connectivity index (χ4v) is 3.33. The van der Waals surface area contributed by atoms with Gasteiger partial charge in [-0.05, 0) is 57.5 Å². The number of nitrogens with two attached hydrogens (primary N) is 1. The second-order valence-electron chi connectivity index (χ2n) is 5.98. The first-order valence-corrected chi connectivity index (χ1v) is 8.74. The van der Waals surface area contributed by atoms with E-state index in [-0.39, 0.29) is 10.2 Å². The van der Waals surface area contributed by atoms with Gasteiger partial charge in [-0.15, -0.1) is 13.2 Å². The van der Waals surface area contributed by atoms with E-state index in [1.54, 1.807) is 18.3 Å². The minimum Gasteiger partial charge on any atom is -0.406 e. The molecule has 0 radical (unpaired) electrons. The van der Waals surface area contributed by atoms with Crippen LogP contribution in [0.4, 0.5) is 17.6 Å². The smallest absolute Gasteiger partial charge is 0.406 e. The fraction of sp³-hybridized carbons (Fsp3) is 0.222. The average Bonchev–Trinajstić information content (AvgIpc) is 2.63. The molecule has 4 N–H and O–H groups in total. The zero-order valence-electron chi connectivity index (χ0n) is 13.9. The number of hydrogen-bond acceptors (Lipinski definition) is 4. The molecule has 144 valence electrons. The molecule has 0 aromatic heterocycles. The minimum atomic E-state index is -4.78. The minimum absolute atomic E-state index is 0.234. The Hall–Kier alpha value is -2.10. The molecule has 27 heavy (non-hydrogen) atoms. The molecule has 1 heterocycles. The Morgan fingerprint density at radius 3 is 2.30 bits per heavy atom. The third-order valence-electron chi connectivity index (χ3n) is 4.24. The maximum atomic E-state index is 13.7. The van der Waals surface area contributed by atoms with E-state index < -0.39 is 23.9 Å². The molecule has 0 amide bonds. The van der Waals surface area contributed by atoms with Crippen molar-refractivity contribution in [1.82, 2.24) is 10.6 Å². The van der Waals surface area contributed by atoms with Crippen LogP contribution in [0.3, 0.4) is 0 Å². The van der Waals surface area contributed by atoms with Crippen molar-refractivity contribution >= 4 is 15.9 Å². The second-order valence-corrected chi connectivity index (χ2v) is 6.83. The van der Waals surface area contributed by atoms with Crippen molar-refractivity contribution in [2.45, 2.75) is 18.1 Å². The maximum absolute atomic E-state index is 13.7. The lowest BCUT2D eigenvalue weighted by Crippen LogP contribution is -2.62. The molecule has 9 heteroatoms. The van der Waals surface area contributed by atoms with Crippen LogP contribution in [-0.4, -0.2) is 19.1 Å². The lowest BCUT2D eigenvalue weighted by atomic mass is 9.80. The predicted octanol–water partition coefficient (Wildman–Crippen LogP) is 3.72. The highest BCUT2D eigenvalue weighted by molar-refractivity contribution is 9.10. The summed E-state index contributed by atoms with van der Waals surface area (Å²) < 4.78 is 55.0. The second kappa shape index (κ2) is 7.49. The number of halogens is 5. The van der Waals surface area contributed by atoms with E-state index in [1.165, 1.54) is 30.3 Å². The van der Waals surface area contributed by atoms with E-state index in [2.05, 4.69) is 31.3 Å². The standard InChI is InChI=1S/C18H16BrF4N3O/c19-14-10-12(4-7-15(14)20)17(24,16-25-8-1-9-26-16)11-2-5-13(6-3-11)27-18(21,22)23/h1-8,10,16,25-26H,9,24H2. The van der Waals surface area contributed by atoms with Crippen LogP contribution in [0.1, 0.15) is 11.1 Å². The number of hydrogen-bond donors (Lipinski definition) is 3. The summed E-state index contributed by atoms with van der Waals surface area (Å²) in [6, 6.07) is 9.68. The van der Waals surface area contributed by atoms with E-state index in [4.69, 9.17) is 5.73 Å².